The van der Waals surface area contributed by atoms with Crippen LogP contribution in [0.5, 0.6) is 0 Å². The summed E-state index contributed by atoms with van der Waals surface area (Å²) in [6.07, 6.45) is 3.48. The van der Waals surface area contributed by atoms with Gasteiger partial charge in [0.2, 0.25) is 0 Å². The first-order chi connectivity index (χ1) is 8.63. The minimum absolute atomic E-state index is 0.0510. The Kier molecular flexibility index (Phi) is 4.68. The zero-order valence-corrected chi connectivity index (χ0v) is 12.8. The van der Waals surface area contributed by atoms with Crippen molar-refractivity contribution in [2.24, 2.45) is 5.92 Å². The van der Waals surface area contributed by atoms with Crippen LogP contribution >= 0.6 is 27.5 Å². The molecule has 0 unspecified atom stereocenters. The molecule has 1 aromatic carbocycles. The second-order valence-corrected chi connectivity index (χ2v) is 6.03. The summed E-state index contributed by atoms with van der Waals surface area (Å²) in [5.74, 6) is 0.751. The van der Waals surface area contributed by atoms with Crippen LogP contribution in [0.1, 0.15) is 36.5 Å². The number of carbonyl (C=O) groups is 1. The molecule has 1 aliphatic rings. The molecule has 0 aliphatic heterocycles. The Bertz CT molecular complexity index is 445. The van der Waals surface area contributed by atoms with Gasteiger partial charge in [0.05, 0.1) is 10.6 Å². The van der Waals surface area contributed by atoms with E-state index in [2.05, 4.69) is 22.9 Å². The fourth-order valence-corrected chi connectivity index (χ4v) is 2.57. The molecule has 0 heterocycles. The number of carbonyl (C=O) groups excluding carboxylic acids is 1. The Labute approximate surface area is 121 Å². The number of rotatable bonds is 5. The maximum atomic E-state index is 12.5. The van der Waals surface area contributed by atoms with Crippen molar-refractivity contribution in [3.8, 4) is 0 Å². The van der Waals surface area contributed by atoms with Crippen molar-refractivity contribution in [3.05, 3.63) is 33.3 Å². The third-order valence-corrected chi connectivity index (χ3v) is 4.43. The first-order valence-electron chi connectivity index (χ1n) is 6.36. The molecule has 2 rings (SSSR count). The largest absolute Gasteiger partial charge is 0.338 e. The molecule has 1 aromatic rings. The molecule has 1 saturated carbocycles. The van der Waals surface area contributed by atoms with E-state index in [1.165, 1.54) is 12.8 Å². The van der Waals surface area contributed by atoms with Gasteiger partial charge in [-0.15, -0.1) is 0 Å². The maximum Gasteiger partial charge on any atom is 0.255 e. The van der Waals surface area contributed by atoms with Crippen LogP contribution in [-0.4, -0.2) is 23.9 Å². The fraction of sp³-hybridized carbons (Fsp3) is 0.500. The van der Waals surface area contributed by atoms with Gasteiger partial charge in [-0.25, -0.2) is 0 Å². The van der Waals surface area contributed by atoms with Gasteiger partial charge in [-0.2, -0.15) is 0 Å². The number of halogens is 2. The lowest BCUT2D eigenvalue weighted by Gasteiger charge is -2.22. The normalized spacial score (nSPS) is 14.6. The third kappa shape index (κ3) is 3.27. The average molecular weight is 331 g/mol. The van der Waals surface area contributed by atoms with Gasteiger partial charge in [-0.1, -0.05) is 24.6 Å². The molecule has 1 aliphatic carbocycles. The molecule has 0 aromatic heterocycles. The highest BCUT2D eigenvalue weighted by Crippen LogP contribution is 2.31. The topological polar surface area (TPSA) is 20.3 Å². The summed E-state index contributed by atoms with van der Waals surface area (Å²) >= 11 is 9.55. The molecule has 0 atom stereocenters. The number of hydrogen-bond donors (Lipinski definition) is 0. The van der Waals surface area contributed by atoms with Gasteiger partial charge < -0.3 is 4.90 Å². The standard InChI is InChI=1S/C14H17BrClNO/c1-2-8-17(9-10-6-7-10)14(18)11-4-3-5-12(15)13(11)16/h3-5,10H,2,6-9H2,1H3. The van der Waals surface area contributed by atoms with E-state index in [0.717, 1.165) is 24.0 Å². The van der Waals surface area contributed by atoms with E-state index in [4.69, 9.17) is 11.6 Å². The predicted octanol–water partition coefficient (Wildman–Crippen LogP) is 4.36. The highest BCUT2D eigenvalue weighted by atomic mass is 79.9. The Hall–Kier alpha value is -0.540. The fourth-order valence-electron chi connectivity index (χ4n) is 2.00. The highest BCUT2D eigenvalue weighted by molar-refractivity contribution is 9.10. The zero-order chi connectivity index (χ0) is 13.1. The van der Waals surface area contributed by atoms with Crippen LogP contribution in [0.2, 0.25) is 5.02 Å². The van der Waals surface area contributed by atoms with Crippen molar-refractivity contribution >= 4 is 33.4 Å². The monoisotopic (exact) mass is 329 g/mol. The van der Waals surface area contributed by atoms with Gasteiger partial charge in [0.25, 0.3) is 5.91 Å². The number of amides is 1. The Balaban J connectivity index is 2.17. The van der Waals surface area contributed by atoms with Crippen LogP contribution in [0.4, 0.5) is 0 Å². The van der Waals surface area contributed by atoms with Crippen LogP contribution in [-0.2, 0) is 0 Å². The molecular weight excluding hydrogens is 314 g/mol. The van der Waals surface area contributed by atoms with Crippen LogP contribution in [0.15, 0.2) is 22.7 Å². The molecule has 2 nitrogen and oxygen atoms in total. The lowest BCUT2D eigenvalue weighted by atomic mass is 10.2. The molecule has 0 bridgehead atoms. The predicted molar refractivity (Wildman–Crippen MR) is 78.1 cm³/mol. The van der Waals surface area contributed by atoms with Crippen molar-refractivity contribution in [1.29, 1.82) is 0 Å². The molecule has 0 spiro atoms. The second kappa shape index (κ2) is 6.07. The van der Waals surface area contributed by atoms with E-state index >= 15 is 0 Å². The summed E-state index contributed by atoms with van der Waals surface area (Å²) < 4.78 is 0.776. The van der Waals surface area contributed by atoms with Gasteiger partial charge in [0, 0.05) is 17.6 Å². The molecule has 0 saturated heterocycles. The SMILES string of the molecule is CCCN(CC1CC1)C(=O)c1cccc(Br)c1Cl. The summed E-state index contributed by atoms with van der Waals surface area (Å²) in [5.41, 5.74) is 0.597. The smallest absolute Gasteiger partial charge is 0.255 e. The van der Waals surface area contributed by atoms with Gasteiger partial charge in [-0.3, -0.25) is 4.79 Å². The van der Waals surface area contributed by atoms with Crippen molar-refractivity contribution < 1.29 is 4.79 Å². The molecular formula is C14H17BrClNO. The third-order valence-electron chi connectivity index (χ3n) is 3.14. The summed E-state index contributed by atoms with van der Waals surface area (Å²) in [4.78, 5) is 14.4. The first-order valence-corrected chi connectivity index (χ1v) is 7.53. The summed E-state index contributed by atoms with van der Waals surface area (Å²) in [6, 6.07) is 5.50. The van der Waals surface area contributed by atoms with Gasteiger partial charge in [0.1, 0.15) is 0 Å². The van der Waals surface area contributed by atoms with Crippen molar-refractivity contribution in [1.82, 2.24) is 4.90 Å². The number of hydrogen-bond acceptors (Lipinski definition) is 1. The molecule has 1 amide bonds. The Morgan fingerprint density at radius 2 is 2.22 bits per heavy atom. The molecule has 18 heavy (non-hydrogen) atoms. The van der Waals surface area contributed by atoms with Gasteiger partial charge in [0.15, 0.2) is 0 Å². The van der Waals surface area contributed by atoms with Crippen LogP contribution < -0.4 is 0 Å². The quantitative estimate of drug-likeness (QED) is 0.785. The Morgan fingerprint density at radius 1 is 1.50 bits per heavy atom. The van der Waals surface area contributed by atoms with Crippen LogP contribution in [0.25, 0.3) is 0 Å². The number of benzene rings is 1. The summed E-state index contributed by atoms with van der Waals surface area (Å²) in [6.45, 7) is 3.77. The van der Waals surface area contributed by atoms with Crippen molar-refractivity contribution in [3.63, 3.8) is 0 Å². The second-order valence-electron chi connectivity index (χ2n) is 4.80. The summed E-state index contributed by atoms with van der Waals surface area (Å²) in [7, 11) is 0. The molecule has 98 valence electrons. The minimum atomic E-state index is 0.0510. The van der Waals surface area contributed by atoms with E-state index < -0.39 is 0 Å². The van der Waals surface area contributed by atoms with E-state index in [0.29, 0.717) is 16.5 Å². The lowest BCUT2D eigenvalue weighted by Crippen LogP contribution is -2.33. The molecule has 4 heteroatoms. The molecule has 0 N–H and O–H groups in total. The van der Waals surface area contributed by atoms with E-state index in [1.54, 1.807) is 6.07 Å². The summed E-state index contributed by atoms with van der Waals surface area (Å²) in [5, 5.41) is 0.513. The minimum Gasteiger partial charge on any atom is -0.338 e. The molecule has 1 fully saturated rings. The van der Waals surface area contributed by atoms with Crippen LogP contribution in [0, 0.1) is 5.92 Å². The first kappa shape index (κ1) is 13.9. The number of nitrogens with zero attached hydrogens (tertiary/aromatic N) is 1. The van der Waals surface area contributed by atoms with E-state index in [1.807, 2.05) is 17.0 Å². The lowest BCUT2D eigenvalue weighted by molar-refractivity contribution is 0.0748. The Morgan fingerprint density at radius 3 is 2.83 bits per heavy atom. The molecule has 0 radical (unpaired) electrons. The maximum absolute atomic E-state index is 12.5. The van der Waals surface area contributed by atoms with Crippen LogP contribution in [0.3, 0.4) is 0 Å². The van der Waals surface area contributed by atoms with Crippen molar-refractivity contribution in [2.75, 3.05) is 13.1 Å². The van der Waals surface area contributed by atoms with Crippen molar-refractivity contribution in [2.45, 2.75) is 26.2 Å². The van der Waals surface area contributed by atoms with Gasteiger partial charge >= 0.3 is 0 Å². The zero-order valence-electron chi connectivity index (χ0n) is 10.5. The van der Waals surface area contributed by atoms with Gasteiger partial charge in [-0.05, 0) is 53.2 Å². The highest BCUT2D eigenvalue weighted by Gasteiger charge is 2.27. The van der Waals surface area contributed by atoms with E-state index in [-0.39, 0.29) is 5.91 Å². The van der Waals surface area contributed by atoms with E-state index in [9.17, 15) is 4.79 Å². The average Bonchev–Trinajstić information content (AvgIpc) is 3.15.